The van der Waals surface area contributed by atoms with Gasteiger partial charge in [-0.15, -0.1) is 0 Å². The zero-order valence-electron chi connectivity index (χ0n) is 13.9. The summed E-state index contributed by atoms with van der Waals surface area (Å²) in [5.41, 5.74) is 2.02. The number of phenolic OH excluding ortho intramolecular Hbond substituents is 1. The molecule has 0 bridgehead atoms. The van der Waals surface area contributed by atoms with Crippen LogP contribution >= 0.6 is 0 Å². The first-order chi connectivity index (χ1) is 11.7. The largest absolute Gasteiger partial charge is 0.508 e. The molecule has 2 N–H and O–H groups in total. The molecule has 1 unspecified atom stereocenters. The number of aromatic amines is 1. The Hall–Kier alpha value is -2.34. The lowest BCUT2D eigenvalue weighted by Crippen LogP contribution is -2.43. The Kier molecular flexibility index (Phi) is 5.15. The van der Waals surface area contributed by atoms with Crippen LogP contribution in [0.1, 0.15) is 36.7 Å². The number of aromatic hydroxyl groups is 1. The fraction of sp³-hybridized carbons (Fsp3) is 0.444. The Bertz CT molecular complexity index is 681. The van der Waals surface area contributed by atoms with Gasteiger partial charge in [-0.3, -0.25) is 9.89 Å². The van der Waals surface area contributed by atoms with Gasteiger partial charge in [-0.2, -0.15) is 5.10 Å². The number of carbonyl (C=O) groups is 1. The van der Waals surface area contributed by atoms with Crippen molar-refractivity contribution < 1.29 is 14.6 Å². The maximum absolute atomic E-state index is 12.7. The number of amides is 1. The quantitative estimate of drug-likeness (QED) is 0.884. The number of ether oxygens (including phenoxy) is 1. The number of nitrogens with zero attached hydrogens (tertiary/aromatic N) is 2. The van der Waals surface area contributed by atoms with Gasteiger partial charge in [-0.25, -0.2) is 0 Å². The van der Waals surface area contributed by atoms with E-state index in [2.05, 4.69) is 17.1 Å². The minimum absolute atomic E-state index is 0.0441. The summed E-state index contributed by atoms with van der Waals surface area (Å²) >= 11 is 0. The molecule has 1 atom stereocenters. The Balaban J connectivity index is 1.68. The van der Waals surface area contributed by atoms with Crippen LogP contribution in [-0.4, -0.2) is 51.9 Å². The third-order valence-electron chi connectivity index (χ3n) is 4.19. The molecule has 2 heterocycles. The summed E-state index contributed by atoms with van der Waals surface area (Å²) < 4.78 is 5.79. The van der Waals surface area contributed by atoms with E-state index < -0.39 is 0 Å². The highest BCUT2D eigenvalue weighted by Gasteiger charge is 2.26. The van der Waals surface area contributed by atoms with Gasteiger partial charge in [0.25, 0.3) is 5.91 Å². The van der Waals surface area contributed by atoms with E-state index in [1.807, 2.05) is 4.90 Å². The van der Waals surface area contributed by atoms with E-state index in [0.29, 0.717) is 17.9 Å². The molecule has 2 aromatic rings. The number of H-pyrrole nitrogens is 1. The summed E-state index contributed by atoms with van der Waals surface area (Å²) in [5, 5.41) is 16.4. The monoisotopic (exact) mass is 329 g/mol. The highest BCUT2D eigenvalue weighted by molar-refractivity contribution is 5.93. The van der Waals surface area contributed by atoms with Gasteiger partial charge in [-0.05, 0) is 49.6 Å². The van der Waals surface area contributed by atoms with E-state index in [9.17, 15) is 9.90 Å². The Morgan fingerprint density at radius 2 is 2.21 bits per heavy atom. The van der Waals surface area contributed by atoms with Crippen LogP contribution in [0.4, 0.5) is 0 Å². The first kappa shape index (κ1) is 16.5. The zero-order chi connectivity index (χ0) is 16.9. The smallest absolute Gasteiger partial charge is 0.271 e. The molecular formula is C18H23N3O3. The molecule has 24 heavy (non-hydrogen) atoms. The summed E-state index contributed by atoms with van der Waals surface area (Å²) in [5.74, 6) is 0.161. The SMILES string of the molecule is CCCOC1CCCN(C(=O)c2cc(-c3ccc(O)cc3)n[nH]2)C1. The van der Waals surface area contributed by atoms with E-state index in [1.165, 1.54) is 0 Å². The number of hydrogen-bond donors (Lipinski definition) is 2. The van der Waals surface area contributed by atoms with Crippen molar-refractivity contribution in [3.63, 3.8) is 0 Å². The first-order valence-electron chi connectivity index (χ1n) is 8.43. The van der Waals surface area contributed by atoms with Crippen LogP contribution in [0.2, 0.25) is 0 Å². The number of rotatable bonds is 5. The van der Waals surface area contributed by atoms with Crippen LogP contribution in [0.15, 0.2) is 30.3 Å². The average Bonchev–Trinajstić information content (AvgIpc) is 3.10. The molecule has 6 nitrogen and oxygen atoms in total. The van der Waals surface area contributed by atoms with E-state index in [-0.39, 0.29) is 17.8 Å². The van der Waals surface area contributed by atoms with Gasteiger partial charge in [0.15, 0.2) is 0 Å². The number of phenols is 1. The summed E-state index contributed by atoms with van der Waals surface area (Å²) in [6, 6.07) is 8.51. The van der Waals surface area contributed by atoms with Gasteiger partial charge in [0, 0.05) is 25.3 Å². The summed E-state index contributed by atoms with van der Waals surface area (Å²) in [6.45, 7) is 4.20. The number of likely N-dealkylation sites (tertiary alicyclic amines) is 1. The second kappa shape index (κ2) is 7.49. The van der Waals surface area contributed by atoms with Crippen molar-refractivity contribution in [2.24, 2.45) is 0 Å². The molecule has 1 amide bonds. The number of piperidine rings is 1. The highest BCUT2D eigenvalue weighted by atomic mass is 16.5. The minimum atomic E-state index is -0.0441. The number of nitrogens with one attached hydrogen (secondary N) is 1. The Labute approximate surface area is 141 Å². The average molecular weight is 329 g/mol. The standard InChI is InChI=1S/C18H23N3O3/c1-2-10-24-15-4-3-9-21(12-15)18(23)17-11-16(19-20-17)13-5-7-14(22)8-6-13/h5-8,11,15,22H,2-4,9-10,12H2,1H3,(H,19,20). The van der Waals surface area contributed by atoms with Gasteiger partial charge in [-0.1, -0.05) is 6.92 Å². The van der Waals surface area contributed by atoms with Crippen LogP contribution in [-0.2, 0) is 4.74 Å². The van der Waals surface area contributed by atoms with E-state index in [4.69, 9.17) is 4.74 Å². The molecule has 0 saturated carbocycles. The van der Waals surface area contributed by atoms with Crippen LogP contribution in [0.3, 0.4) is 0 Å². The van der Waals surface area contributed by atoms with Gasteiger partial charge in [0.05, 0.1) is 11.8 Å². The molecule has 1 aromatic heterocycles. The van der Waals surface area contributed by atoms with Crippen molar-refractivity contribution in [3.8, 4) is 17.0 Å². The molecule has 3 rings (SSSR count). The molecule has 0 aliphatic carbocycles. The van der Waals surface area contributed by atoms with Crippen molar-refractivity contribution in [3.05, 3.63) is 36.0 Å². The molecule has 0 spiro atoms. The molecule has 1 aliphatic heterocycles. The molecule has 128 valence electrons. The van der Waals surface area contributed by atoms with Gasteiger partial charge >= 0.3 is 0 Å². The molecule has 1 saturated heterocycles. The normalized spacial score (nSPS) is 17.9. The summed E-state index contributed by atoms with van der Waals surface area (Å²) in [6.07, 6.45) is 3.08. The van der Waals surface area contributed by atoms with Crippen molar-refractivity contribution in [1.82, 2.24) is 15.1 Å². The van der Waals surface area contributed by atoms with E-state index in [1.54, 1.807) is 30.3 Å². The van der Waals surface area contributed by atoms with Gasteiger partial charge < -0.3 is 14.7 Å². The Morgan fingerprint density at radius 1 is 1.42 bits per heavy atom. The maximum atomic E-state index is 12.7. The summed E-state index contributed by atoms with van der Waals surface area (Å²) in [4.78, 5) is 14.5. The Morgan fingerprint density at radius 3 is 2.96 bits per heavy atom. The minimum Gasteiger partial charge on any atom is -0.508 e. The molecule has 1 aromatic carbocycles. The van der Waals surface area contributed by atoms with E-state index in [0.717, 1.165) is 38.0 Å². The third kappa shape index (κ3) is 3.76. The zero-order valence-corrected chi connectivity index (χ0v) is 13.9. The van der Waals surface area contributed by atoms with Crippen molar-refractivity contribution in [2.45, 2.75) is 32.3 Å². The molecular weight excluding hydrogens is 306 g/mol. The molecule has 1 aliphatic rings. The lowest BCUT2D eigenvalue weighted by molar-refractivity contribution is 0.00192. The predicted molar refractivity (Wildman–Crippen MR) is 90.9 cm³/mol. The number of benzene rings is 1. The topological polar surface area (TPSA) is 78.4 Å². The third-order valence-corrected chi connectivity index (χ3v) is 4.19. The molecule has 0 radical (unpaired) electrons. The number of carbonyl (C=O) groups excluding carboxylic acids is 1. The van der Waals surface area contributed by atoms with Crippen molar-refractivity contribution >= 4 is 5.91 Å². The lowest BCUT2D eigenvalue weighted by atomic mass is 10.1. The van der Waals surface area contributed by atoms with Crippen LogP contribution in [0.25, 0.3) is 11.3 Å². The number of aromatic nitrogens is 2. The van der Waals surface area contributed by atoms with Crippen molar-refractivity contribution in [1.29, 1.82) is 0 Å². The van der Waals surface area contributed by atoms with Crippen LogP contribution < -0.4 is 0 Å². The summed E-state index contributed by atoms with van der Waals surface area (Å²) in [7, 11) is 0. The molecule has 1 fully saturated rings. The highest BCUT2D eigenvalue weighted by Crippen LogP contribution is 2.22. The second-order valence-electron chi connectivity index (χ2n) is 6.10. The van der Waals surface area contributed by atoms with Gasteiger partial charge in [0.2, 0.25) is 0 Å². The fourth-order valence-electron chi connectivity index (χ4n) is 2.92. The second-order valence-corrected chi connectivity index (χ2v) is 6.10. The first-order valence-corrected chi connectivity index (χ1v) is 8.43. The van der Waals surface area contributed by atoms with Gasteiger partial charge in [0.1, 0.15) is 11.4 Å². The number of hydrogen-bond acceptors (Lipinski definition) is 4. The van der Waals surface area contributed by atoms with Crippen LogP contribution in [0, 0.1) is 0 Å². The van der Waals surface area contributed by atoms with E-state index >= 15 is 0 Å². The molecule has 6 heteroatoms. The lowest BCUT2D eigenvalue weighted by Gasteiger charge is -2.32. The van der Waals surface area contributed by atoms with Crippen LogP contribution in [0.5, 0.6) is 5.75 Å². The maximum Gasteiger partial charge on any atom is 0.271 e. The predicted octanol–water partition coefficient (Wildman–Crippen LogP) is 2.81. The van der Waals surface area contributed by atoms with Crippen molar-refractivity contribution in [2.75, 3.05) is 19.7 Å². The fourth-order valence-corrected chi connectivity index (χ4v) is 2.92.